The lowest BCUT2D eigenvalue weighted by atomic mass is 10.0. The number of nitrogens with one attached hydrogen (secondary N) is 2. The summed E-state index contributed by atoms with van der Waals surface area (Å²) < 4.78 is 40.1. The van der Waals surface area contributed by atoms with Gasteiger partial charge in [0.1, 0.15) is 5.82 Å². The minimum Gasteiger partial charge on any atom is -0.322 e. The van der Waals surface area contributed by atoms with Crippen LogP contribution in [0.25, 0.3) is 0 Å². The molecule has 0 aromatic heterocycles. The first-order valence-electron chi connectivity index (χ1n) is 8.93. The van der Waals surface area contributed by atoms with Crippen molar-refractivity contribution in [2.75, 3.05) is 10.0 Å². The number of aryl methyl sites for hydroxylation is 3. The zero-order chi connectivity index (χ0) is 21.2. The second kappa shape index (κ2) is 8.05. The van der Waals surface area contributed by atoms with Gasteiger partial charge in [-0.1, -0.05) is 17.7 Å². The van der Waals surface area contributed by atoms with E-state index in [-0.39, 0.29) is 10.8 Å². The minimum atomic E-state index is -3.84. The van der Waals surface area contributed by atoms with Crippen LogP contribution in [0.2, 0.25) is 0 Å². The van der Waals surface area contributed by atoms with Gasteiger partial charge in [-0.15, -0.1) is 0 Å². The van der Waals surface area contributed by atoms with Crippen LogP contribution in [-0.2, 0) is 10.0 Å². The van der Waals surface area contributed by atoms with E-state index >= 15 is 0 Å². The molecular weight excluding hydrogens is 391 g/mol. The molecule has 0 spiro atoms. The summed E-state index contributed by atoms with van der Waals surface area (Å²) in [5.74, 6) is -0.800. The number of sulfonamides is 1. The molecule has 150 valence electrons. The van der Waals surface area contributed by atoms with Gasteiger partial charge in [-0.3, -0.25) is 9.52 Å². The van der Waals surface area contributed by atoms with E-state index in [9.17, 15) is 17.6 Å². The highest BCUT2D eigenvalue weighted by Gasteiger charge is 2.15. The largest absolute Gasteiger partial charge is 0.322 e. The molecule has 0 aliphatic carbocycles. The molecule has 0 bridgehead atoms. The number of carbonyl (C=O) groups is 1. The highest BCUT2D eigenvalue weighted by atomic mass is 32.2. The van der Waals surface area contributed by atoms with Crippen LogP contribution in [0.15, 0.2) is 65.6 Å². The van der Waals surface area contributed by atoms with E-state index in [4.69, 9.17) is 0 Å². The summed E-state index contributed by atoms with van der Waals surface area (Å²) >= 11 is 0. The first kappa shape index (κ1) is 20.5. The summed E-state index contributed by atoms with van der Waals surface area (Å²) in [5.41, 5.74) is 4.53. The number of hydrogen-bond acceptors (Lipinski definition) is 3. The second-order valence-corrected chi connectivity index (χ2v) is 8.55. The molecule has 0 saturated heterocycles. The Balaban J connectivity index is 1.75. The Morgan fingerprint density at radius 2 is 1.41 bits per heavy atom. The average molecular weight is 412 g/mol. The molecule has 0 unspecified atom stereocenters. The smallest absolute Gasteiger partial charge is 0.261 e. The van der Waals surface area contributed by atoms with Gasteiger partial charge in [0, 0.05) is 16.9 Å². The molecule has 0 heterocycles. The third kappa shape index (κ3) is 4.81. The first-order chi connectivity index (χ1) is 13.7. The van der Waals surface area contributed by atoms with Gasteiger partial charge < -0.3 is 5.32 Å². The molecule has 29 heavy (non-hydrogen) atoms. The van der Waals surface area contributed by atoms with Crippen LogP contribution in [0.1, 0.15) is 27.0 Å². The van der Waals surface area contributed by atoms with E-state index in [0.29, 0.717) is 11.3 Å². The standard InChI is InChI=1S/C22H21FN2O3S/c1-14-12-15(2)21(16(3)13-14)24-22(26)17-4-8-19(9-5-17)25-29(27,28)20-10-6-18(23)7-11-20/h4-13,25H,1-3H3,(H,24,26). The third-order valence-corrected chi connectivity index (χ3v) is 5.84. The van der Waals surface area contributed by atoms with Gasteiger partial charge in [0.05, 0.1) is 4.90 Å². The predicted octanol–water partition coefficient (Wildman–Crippen LogP) is 4.80. The molecule has 0 aliphatic rings. The molecule has 0 saturated carbocycles. The van der Waals surface area contributed by atoms with Crippen molar-refractivity contribution in [1.29, 1.82) is 0 Å². The number of rotatable bonds is 5. The van der Waals surface area contributed by atoms with Crippen LogP contribution in [0, 0.1) is 26.6 Å². The highest BCUT2D eigenvalue weighted by Crippen LogP contribution is 2.23. The fourth-order valence-corrected chi connectivity index (χ4v) is 4.14. The SMILES string of the molecule is Cc1cc(C)c(NC(=O)c2ccc(NS(=O)(=O)c3ccc(F)cc3)cc2)c(C)c1. The van der Waals surface area contributed by atoms with E-state index in [0.717, 1.165) is 34.5 Å². The maximum absolute atomic E-state index is 13.0. The lowest BCUT2D eigenvalue weighted by Crippen LogP contribution is -2.15. The lowest BCUT2D eigenvalue weighted by molar-refractivity contribution is 0.102. The van der Waals surface area contributed by atoms with Gasteiger partial charge in [-0.2, -0.15) is 0 Å². The van der Waals surface area contributed by atoms with Crippen LogP contribution >= 0.6 is 0 Å². The number of benzene rings is 3. The first-order valence-corrected chi connectivity index (χ1v) is 10.4. The van der Waals surface area contributed by atoms with Crippen molar-refractivity contribution in [3.8, 4) is 0 Å². The Morgan fingerprint density at radius 1 is 0.862 bits per heavy atom. The zero-order valence-corrected chi connectivity index (χ0v) is 17.1. The summed E-state index contributed by atoms with van der Waals surface area (Å²) in [6.45, 7) is 5.86. The Morgan fingerprint density at radius 3 is 1.97 bits per heavy atom. The molecule has 7 heteroatoms. The maximum atomic E-state index is 13.0. The quantitative estimate of drug-likeness (QED) is 0.632. The fourth-order valence-electron chi connectivity index (χ4n) is 3.08. The summed E-state index contributed by atoms with van der Waals surface area (Å²) in [6, 6.07) is 14.6. The molecule has 2 N–H and O–H groups in total. The summed E-state index contributed by atoms with van der Waals surface area (Å²) in [4.78, 5) is 12.5. The van der Waals surface area contributed by atoms with Gasteiger partial charge in [-0.25, -0.2) is 12.8 Å². The van der Waals surface area contributed by atoms with Crippen molar-refractivity contribution in [1.82, 2.24) is 0 Å². The van der Waals surface area contributed by atoms with E-state index < -0.39 is 15.8 Å². The van der Waals surface area contributed by atoms with Crippen molar-refractivity contribution >= 4 is 27.3 Å². The average Bonchev–Trinajstić information content (AvgIpc) is 2.65. The Hall–Kier alpha value is -3.19. The maximum Gasteiger partial charge on any atom is 0.261 e. The number of halogens is 1. The van der Waals surface area contributed by atoms with Crippen LogP contribution in [0.4, 0.5) is 15.8 Å². The van der Waals surface area contributed by atoms with Crippen LogP contribution < -0.4 is 10.0 Å². The van der Waals surface area contributed by atoms with Crippen molar-refractivity contribution in [3.63, 3.8) is 0 Å². The van der Waals surface area contributed by atoms with E-state index in [1.807, 2.05) is 32.9 Å². The number of hydrogen-bond donors (Lipinski definition) is 2. The van der Waals surface area contributed by atoms with E-state index in [1.165, 1.54) is 36.4 Å². The van der Waals surface area contributed by atoms with Crippen LogP contribution in [-0.4, -0.2) is 14.3 Å². The Labute approximate surface area is 169 Å². The minimum absolute atomic E-state index is 0.0500. The number of carbonyl (C=O) groups excluding carboxylic acids is 1. The molecule has 0 fully saturated rings. The normalized spacial score (nSPS) is 11.2. The van der Waals surface area contributed by atoms with Crippen molar-refractivity contribution < 1.29 is 17.6 Å². The molecule has 0 atom stereocenters. The molecular formula is C22H21FN2O3S. The van der Waals surface area contributed by atoms with Gasteiger partial charge in [-0.05, 0) is 80.4 Å². The molecule has 3 aromatic rings. The summed E-state index contributed by atoms with van der Waals surface area (Å²) in [7, 11) is -3.84. The van der Waals surface area contributed by atoms with Crippen LogP contribution in [0.5, 0.6) is 0 Å². The molecule has 0 aliphatic heterocycles. The highest BCUT2D eigenvalue weighted by molar-refractivity contribution is 7.92. The lowest BCUT2D eigenvalue weighted by Gasteiger charge is -2.13. The molecule has 3 rings (SSSR count). The molecule has 0 radical (unpaired) electrons. The molecule has 1 amide bonds. The third-order valence-electron chi connectivity index (χ3n) is 4.44. The Kier molecular flexibility index (Phi) is 5.70. The van der Waals surface area contributed by atoms with Crippen molar-refractivity contribution in [2.24, 2.45) is 0 Å². The topological polar surface area (TPSA) is 75.3 Å². The van der Waals surface area contributed by atoms with Gasteiger partial charge >= 0.3 is 0 Å². The number of anilines is 2. The number of amides is 1. The predicted molar refractivity (Wildman–Crippen MR) is 112 cm³/mol. The van der Waals surface area contributed by atoms with Gasteiger partial charge in [0.2, 0.25) is 0 Å². The summed E-state index contributed by atoms with van der Waals surface area (Å²) in [5, 5.41) is 2.91. The van der Waals surface area contributed by atoms with Crippen molar-refractivity contribution in [2.45, 2.75) is 25.7 Å². The van der Waals surface area contributed by atoms with E-state index in [1.54, 1.807) is 0 Å². The van der Waals surface area contributed by atoms with E-state index in [2.05, 4.69) is 10.0 Å². The fraction of sp³-hybridized carbons (Fsp3) is 0.136. The van der Waals surface area contributed by atoms with Gasteiger partial charge in [0.15, 0.2) is 0 Å². The summed E-state index contributed by atoms with van der Waals surface area (Å²) in [6.07, 6.45) is 0. The second-order valence-electron chi connectivity index (χ2n) is 6.86. The monoisotopic (exact) mass is 412 g/mol. The van der Waals surface area contributed by atoms with Gasteiger partial charge in [0.25, 0.3) is 15.9 Å². The molecule has 5 nitrogen and oxygen atoms in total. The zero-order valence-electron chi connectivity index (χ0n) is 16.3. The van der Waals surface area contributed by atoms with Crippen molar-refractivity contribution in [3.05, 3.63) is 88.7 Å². The van der Waals surface area contributed by atoms with Crippen LogP contribution in [0.3, 0.4) is 0 Å². The Bertz CT molecular complexity index is 1130. The molecule has 3 aromatic carbocycles.